The highest BCUT2D eigenvalue weighted by Crippen LogP contribution is 2.22. The van der Waals surface area contributed by atoms with Gasteiger partial charge in [-0.05, 0) is 29.8 Å². The number of carbonyl (C=O) groups is 1. The summed E-state index contributed by atoms with van der Waals surface area (Å²) in [5.74, 6) is -0.296. The monoisotopic (exact) mass is 333 g/mol. The van der Waals surface area contributed by atoms with Gasteiger partial charge in [-0.15, -0.1) is 0 Å². The van der Waals surface area contributed by atoms with Crippen molar-refractivity contribution in [3.05, 3.63) is 64.1 Å². The molecule has 0 aliphatic rings. The molecule has 0 fully saturated rings. The largest absolute Gasteiger partial charge is 0.380 e. The first kappa shape index (κ1) is 14.8. The molecule has 4 heteroatoms. The lowest BCUT2D eigenvalue weighted by Gasteiger charge is -2.14. The van der Waals surface area contributed by atoms with Gasteiger partial charge in [0.05, 0.1) is 0 Å². The van der Waals surface area contributed by atoms with Crippen molar-refractivity contribution in [1.29, 1.82) is 0 Å². The molecule has 104 valence electrons. The van der Waals surface area contributed by atoms with E-state index in [1.165, 1.54) is 0 Å². The number of Topliss-reactive ketones (excluding diaryl/α,β-unsaturated/α-hetero) is 1. The first-order valence-electron chi connectivity index (χ1n) is 6.24. The summed E-state index contributed by atoms with van der Waals surface area (Å²) in [6, 6.07) is 14.3. The Hall–Kier alpha value is -1.65. The summed E-state index contributed by atoms with van der Waals surface area (Å²) in [4.78, 5) is 14.2. The molecule has 2 rings (SSSR count). The molecule has 2 aromatic carbocycles. The van der Waals surface area contributed by atoms with Crippen LogP contribution in [0.15, 0.2) is 53.0 Å². The van der Waals surface area contributed by atoms with Gasteiger partial charge in [0.15, 0.2) is 5.78 Å². The standard InChI is InChI=1S/C16H16BrNO2/c1-18(2)14-9-5-12(6-10-14)16(20)15(19)11-3-7-13(17)8-4-11/h3-10,16,20H,1-2H3. The average Bonchev–Trinajstić information content (AvgIpc) is 2.46. The third-order valence-corrected chi connectivity index (χ3v) is 3.63. The van der Waals surface area contributed by atoms with E-state index >= 15 is 0 Å². The van der Waals surface area contributed by atoms with Crippen molar-refractivity contribution >= 4 is 27.4 Å². The molecule has 0 heterocycles. The molecule has 0 aliphatic heterocycles. The number of benzene rings is 2. The lowest BCUT2D eigenvalue weighted by molar-refractivity contribution is 0.0747. The Labute approximate surface area is 127 Å². The van der Waals surface area contributed by atoms with Crippen LogP contribution in [0.5, 0.6) is 0 Å². The molecule has 1 unspecified atom stereocenters. The highest BCUT2D eigenvalue weighted by Gasteiger charge is 2.19. The van der Waals surface area contributed by atoms with Gasteiger partial charge >= 0.3 is 0 Å². The summed E-state index contributed by atoms with van der Waals surface area (Å²) in [5, 5.41) is 10.2. The molecule has 0 spiro atoms. The van der Waals surface area contributed by atoms with Crippen molar-refractivity contribution in [1.82, 2.24) is 0 Å². The molecular weight excluding hydrogens is 318 g/mol. The van der Waals surface area contributed by atoms with E-state index in [-0.39, 0.29) is 5.78 Å². The molecule has 2 aromatic rings. The summed E-state index contributed by atoms with van der Waals surface area (Å²) >= 11 is 3.32. The third-order valence-electron chi connectivity index (χ3n) is 3.10. The van der Waals surface area contributed by atoms with Crippen LogP contribution in [-0.2, 0) is 0 Å². The van der Waals surface area contributed by atoms with E-state index in [0.717, 1.165) is 10.2 Å². The number of ketones is 1. The lowest BCUT2D eigenvalue weighted by atomic mass is 10.00. The fourth-order valence-electron chi connectivity index (χ4n) is 1.88. The number of nitrogens with zero attached hydrogens (tertiary/aromatic N) is 1. The number of aliphatic hydroxyl groups excluding tert-OH is 1. The van der Waals surface area contributed by atoms with Crippen molar-refractivity contribution in [2.24, 2.45) is 0 Å². The fraction of sp³-hybridized carbons (Fsp3) is 0.188. The van der Waals surface area contributed by atoms with E-state index in [9.17, 15) is 9.90 Å². The molecule has 1 atom stereocenters. The molecular formula is C16H16BrNO2. The lowest BCUT2D eigenvalue weighted by Crippen LogP contribution is -2.13. The van der Waals surface area contributed by atoms with E-state index in [1.54, 1.807) is 36.4 Å². The minimum absolute atomic E-state index is 0.296. The van der Waals surface area contributed by atoms with E-state index in [4.69, 9.17) is 0 Å². The van der Waals surface area contributed by atoms with Crippen LogP contribution in [-0.4, -0.2) is 25.0 Å². The molecule has 1 N–H and O–H groups in total. The number of hydrogen-bond acceptors (Lipinski definition) is 3. The second kappa shape index (κ2) is 6.20. The Balaban J connectivity index is 2.19. The molecule has 0 aromatic heterocycles. The fourth-order valence-corrected chi connectivity index (χ4v) is 2.14. The van der Waals surface area contributed by atoms with Gasteiger partial charge in [-0.1, -0.05) is 40.2 Å². The summed E-state index contributed by atoms with van der Waals surface area (Å²) in [7, 11) is 3.89. The Morgan fingerprint density at radius 3 is 2.10 bits per heavy atom. The number of hydrogen-bond donors (Lipinski definition) is 1. The van der Waals surface area contributed by atoms with Crippen molar-refractivity contribution < 1.29 is 9.90 Å². The van der Waals surface area contributed by atoms with Crippen LogP contribution in [0, 0.1) is 0 Å². The van der Waals surface area contributed by atoms with Crippen molar-refractivity contribution in [3.63, 3.8) is 0 Å². The smallest absolute Gasteiger partial charge is 0.195 e. The Kier molecular flexibility index (Phi) is 4.57. The van der Waals surface area contributed by atoms with Gasteiger partial charge < -0.3 is 10.0 Å². The van der Waals surface area contributed by atoms with Gasteiger partial charge in [0.25, 0.3) is 0 Å². The first-order valence-corrected chi connectivity index (χ1v) is 7.03. The number of carbonyl (C=O) groups excluding carboxylic acids is 1. The topological polar surface area (TPSA) is 40.5 Å². The average molecular weight is 334 g/mol. The van der Waals surface area contributed by atoms with Crippen LogP contribution < -0.4 is 4.90 Å². The van der Waals surface area contributed by atoms with Gasteiger partial charge in [0, 0.05) is 29.8 Å². The molecule has 0 bridgehead atoms. The zero-order valence-corrected chi connectivity index (χ0v) is 13.0. The second-order valence-electron chi connectivity index (χ2n) is 4.76. The molecule has 0 radical (unpaired) electrons. The van der Waals surface area contributed by atoms with Gasteiger partial charge in [-0.3, -0.25) is 4.79 Å². The molecule has 0 saturated carbocycles. The minimum atomic E-state index is -1.13. The second-order valence-corrected chi connectivity index (χ2v) is 5.68. The summed E-state index contributed by atoms with van der Waals surface area (Å²) < 4.78 is 0.902. The van der Waals surface area contributed by atoms with Gasteiger partial charge in [-0.25, -0.2) is 0 Å². The van der Waals surface area contributed by atoms with E-state index < -0.39 is 6.10 Å². The number of aliphatic hydroxyl groups is 1. The molecule has 0 amide bonds. The maximum atomic E-state index is 12.2. The quantitative estimate of drug-likeness (QED) is 0.871. The third kappa shape index (κ3) is 3.26. The van der Waals surface area contributed by atoms with Crippen LogP contribution >= 0.6 is 15.9 Å². The van der Waals surface area contributed by atoms with Gasteiger partial charge in [0.1, 0.15) is 6.10 Å². The summed E-state index contributed by atoms with van der Waals surface area (Å²) in [5.41, 5.74) is 2.12. The van der Waals surface area contributed by atoms with Crippen LogP contribution in [0.3, 0.4) is 0 Å². The van der Waals surface area contributed by atoms with Crippen LogP contribution in [0.2, 0.25) is 0 Å². The van der Waals surface area contributed by atoms with Crippen LogP contribution in [0.4, 0.5) is 5.69 Å². The van der Waals surface area contributed by atoms with E-state index in [2.05, 4.69) is 15.9 Å². The molecule has 3 nitrogen and oxygen atoms in total. The zero-order chi connectivity index (χ0) is 14.7. The highest BCUT2D eigenvalue weighted by atomic mass is 79.9. The normalized spacial score (nSPS) is 12.0. The summed E-state index contributed by atoms with van der Waals surface area (Å²) in [6.45, 7) is 0. The molecule has 0 aliphatic carbocycles. The maximum Gasteiger partial charge on any atom is 0.195 e. The highest BCUT2D eigenvalue weighted by molar-refractivity contribution is 9.10. The number of anilines is 1. The number of rotatable bonds is 4. The Bertz CT molecular complexity index is 591. The predicted molar refractivity (Wildman–Crippen MR) is 84.2 cm³/mol. The predicted octanol–water partition coefficient (Wildman–Crippen LogP) is 3.43. The van der Waals surface area contributed by atoms with E-state index in [1.807, 2.05) is 31.1 Å². The summed E-state index contributed by atoms with van der Waals surface area (Å²) in [6.07, 6.45) is -1.13. The van der Waals surface area contributed by atoms with Crippen molar-refractivity contribution in [3.8, 4) is 0 Å². The van der Waals surface area contributed by atoms with Gasteiger partial charge in [-0.2, -0.15) is 0 Å². The molecule has 0 saturated heterocycles. The van der Waals surface area contributed by atoms with E-state index in [0.29, 0.717) is 11.1 Å². The van der Waals surface area contributed by atoms with Crippen molar-refractivity contribution in [2.75, 3.05) is 19.0 Å². The SMILES string of the molecule is CN(C)c1ccc(C(O)C(=O)c2ccc(Br)cc2)cc1. The van der Waals surface area contributed by atoms with Crippen LogP contribution in [0.1, 0.15) is 22.0 Å². The van der Waals surface area contributed by atoms with Crippen LogP contribution in [0.25, 0.3) is 0 Å². The molecule has 20 heavy (non-hydrogen) atoms. The Morgan fingerprint density at radius 2 is 1.60 bits per heavy atom. The number of halogens is 1. The van der Waals surface area contributed by atoms with Crippen molar-refractivity contribution in [2.45, 2.75) is 6.10 Å². The van der Waals surface area contributed by atoms with Gasteiger partial charge in [0.2, 0.25) is 0 Å². The first-order chi connectivity index (χ1) is 9.49. The maximum absolute atomic E-state index is 12.2. The zero-order valence-electron chi connectivity index (χ0n) is 11.4. The Morgan fingerprint density at radius 1 is 1.05 bits per heavy atom. The minimum Gasteiger partial charge on any atom is -0.380 e.